The predicted molar refractivity (Wildman–Crippen MR) is 375 cm³/mol. The van der Waals surface area contributed by atoms with E-state index in [0.717, 1.165) is 98.6 Å². The molecule has 0 bridgehead atoms. The van der Waals surface area contributed by atoms with E-state index in [9.17, 15) is 19.2 Å². The van der Waals surface area contributed by atoms with Gasteiger partial charge in [-0.3, -0.25) is 28.8 Å². The molecule has 4 aromatic rings. The summed E-state index contributed by atoms with van der Waals surface area (Å²) in [7, 11) is 0. The van der Waals surface area contributed by atoms with Gasteiger partial charge in [-0.25, -0.2) is 0 Å². The van der Waals surface area contributed by atoms with Gasteiger partial charge < -0.3 is 40.2 Å². The molecular weight excluding hydrogens is 1150 g/mol. The molecule has 0 atom stereocenters. The van der Waals surface area contributed by atoms with Gasteiger partial charge in [-0.15, -0.1) is 0 Å². The van der Waals surface area contributed by atoms with Crippen LogP contribution in [0.15, 0.2) is 60.7 Å². The van der Waals surface area contributed by atoms with Crippen molar-refractivity contribution in [2.45, 2.75) is 308 Å². The van der Waals surface area contributed by atoms with Crippen molar-refractivity contribution in [2.24, 2.45) is 0 Å². The zero-order chi connectivity index (χ0) is 65.2. The second-order valence-electron chi connectivity index (χ2n) is 27.2. The van der Waals surface area contributed by atoms with Crippen LogP contribution in [-0.4, -0.2) is 73.2 Å². The van der Waals surface area contributed by atoms with Gasteiger partial charge in [0.1, 0.15) is 38.3 Å². The highest BCUT2D eigenvalue weighted by Crippen LogP contribution is 2.52. The molecule has 3 aliphatic rings. The average Bonchev–Trinajstić information content (AvgIpc) is 0.718. The van der Waals surface area contributed by atoms with E-state index in [4.69, 9.17) is 18.9 Å². The fourth-order valence-electron chi connectivity index (χ4n) is 13.7. The topological polar surface area (TPSA) is 187 Å². The van der Waals surface area contributed by atoms with Crippen LogP contribution >= 0.6 is 0 Å². The number of Topliss-reactive ketones (excluding diaryl/α,β-unsaturated/α-hetero) is 2. The van der Waals surface area contributed by atoms with Gasteiger partial charge in [0.05, 0.1) is 11.4 Å². The zero-order valence-corrected chi connectivity index (χ0v) is 57.1. The van der Waals surface area contributed by atoms with E-state index in [2.05, 4.69) is 49.0 Å². The first kappa shape index (κ1) is 73.2. The molecule has 2 heterocycles. The minimum Gasteiger partial charge on any atom is -0.461 e. The molecule has 1 fully saturated rings. The number of nitrogens with one attached hydrogen (secondary N) is 4. The van der Waals surface area contributed by atoms with Gasteiger partial charge in [0, 0.05) is 47.8 Å². The van der Waals surface area contributed by atoms with Crippen molar-refractivity contribution < 1.29 is 47.7 Å². The van der Waals surface area contributed by atoms with Crippen molar-refractivity contribution >= 4 is 79.7 Å². The van der Waals surface area contributed by atoms with E-state index in [1.54, 1.807) is 0 Å². The van der Waals surface area contributed by atoms with Crippen LogP contribution in [0.4, 0.5) is 22.7 Å². The fourth-order valence-corrected chi connectivity index (χ4v) is 13.7. The minimum absolute atomic E-state index is 0.193. The maximum absolute atomic E-state index is 15.3. The number of hydrogen-bond acceptors (Lipinski definition) is 14. The van der Waals surface area contributed by atoms with E-state index in [1.165, 1.54) is 128 Å². The van der Waals surface area contributed by atoms with E-state index in [-0.39, 0.29) is 87.6 Å². The minimum atomic E-state index is -1.35. The van der Waals surface area contributed by atoms with Crippen LogP contribution in [0.25, 0.3) is 21.5 Å². The summed E-state index contributed by atoms with van der Waals surface area (Å²) in [5.74, 6) is -4.32. The number of esters is 4. The maximum Gasteiger partial charge on any atom is 0.305 e. The quantitative estimate of drug-likeness (QED) is 0.0142. The SMILES string of the molecule is CCCCCCCCCCCC(=O)OCC1(COC(=O)CCCCCCCCCCC)Nc2cccc3ccc(C4C(=O)C(c5ccc6cccc7c6c5NC(COC(=O)CCCCCCCCCCC)(COC(=O)CCCCCCCCCCC)N7)C4=O)c(c23)N1. The summed E-state index contributed by atoms with van der Waals surface area (Å²) in [6.45, 7) is 8.12. The molecule has 0 saturated heterocycles. The first-order valence-corrected chi connectivity index (χ1v) is 36.9. The Hall–Kier alpha value is -6.18. The number of carbonyl (C=O) groups excluding carboxylic acids is 6. The molecule has 92 heavy (non-hydrogen) atoms. The van der Waals surface area contributed by atoms with Crippen molar-refractivity contribution in [1.82, 2.24) is 0 Å². The lowest BCUT2D eigenvalue weighted by molar-refractivity contribution is -0.150. The summed E-state index contributed by atoms with van der Waals surface area (Å²) in [5.41, 5.74) is 0.682. The van der Waals surface area contributed by atoms with Gasteiger partial charge in [-0.1, -0.05) is 282 Å². The van der Waals surface area contributed by atoms with Gasteiger partial charge in [0.15, 0.2) is 22.9 Å². The fraction of sp³-hybridized carbons (Fsp3) is 0.667. The smallest absolute Gasteiger partial charge is 0.305 e. The van der Waals surface area contributed by atoms with E-state index >= 15 is 9.59 Å². The summed E-state index contributed by atoms with van der Waals surface area (Å²) in [4.78, 5) is 85.0. The standard InChI is InChI=1S/C78H116N4O10/c1-5-9-13-17-21-25-29-33-37-47-65(83)89-55-77(56-90-66(84)48-38-34-30-26-22-18-14-10-6-2)79-63-45-41-43-59-51-53-61(73(81-77)69(59)63)71-75(87)72(76(71)88)62-54-52-60-44-42-46-64-70(60)74(62)82-78(80-64,57-91-67(85)49-39-35-31-27-23-19-15-11-7-3)58-92-68(86)50-40-36-32-28-24-20-16-12-8-4/h41-46,51-54,71-72,79-82H,5-40,47-50,55-58H2,1-4H3. The van der Waals surface area contributed by atoms with Crippen LogP contribution < -0.4 is 21.3 Å². The molecular formula is C78H116N4O10. The van der Waals surface area contributed by atoms with Crippen LogP contribution in [0.2, 0.25) is 0 Å². The summed E-state index contributed by atoms with van der Waals surface area (Å²) < 4.78 is 24.4. The summed E-state index contributed by atoms with van der Waals surface area (Å²) in [6.07, 6.45) is 41.3. The summed E-state index contributed by atoms with van der Waals surface area (Å²) >= 11 is 0. The van der Waals surface area contributed by atoms with Crippen LogP contribution in [0, 0.1) is 0 Å². The van der Waals surface area contributed by atoms with Crippen LogP contribution in [0.3, 0.4) is 0 Å². The van der Waals surface area contributed by atoms with E-state index in [0.29, 0.717) is 59.6 Å². The van der Waals surface area contributed by atoms with Crippen LogP contribution in [-0.2, 0) is 47.7 Å². The largest absolute Gasteiger partial charge is 0.461 e. The average molecular weight is 1270 g/mol. The Bertz CT molecular complexity index is 2660. The summed E-state index contributed by atoms with van der Waals surface area (Å²) in [5, 5.41) is 17.6. The van der Waals surface area contributed by atoms with Crippen molar-refractivity contribution in [2.75, 3.05) is 47.7 Å². The Morgan fingerprint density at radius 3 is 0.837 bits per heavy atom. The Morgan fingerprint density at radius 1 is 0.326 bits per heavy atom. The molecule has 0 amide bonds. The van der Waals surface area contributed by atoms with Crippen molar-refractivity contribution in [3.8, 4) is 0 Å². The zero-order valence-electron chi connectivity index (χ0n) is 57.1. The number of ether oxygens (including phenoxy) is 4. The van der Waals surface area contributed by atoms with E-state index < -0.39 is 23.2 Å². The first-order valence-electron chi connectivity index (χ1n) is 36.9. The lowest BCUT2D eigenvalue weighted by Gasteiger charge is -2.44. The van der Waals surface area contributed by atoms with Crippen LogP contribution in [0.5, 0.6) is 0 Å². The van der Waals surface area contributed by atoms with E-state index in [1.807, 2.05) is 60.7 Å². The highest BCUT2D eigenvalue weighted by Gasteiger charge is 2.54. The lowest BCUT2D eigenvalue weighted by Crippen LogP contribution is -2.57. The number of unbranched alkanes of at least 4 members (excludes halogenated alkanes) is 32. The number of ketones is 2. The van der Waals surface area contributed by atoms with Gasteiger partial charge in [0.2, 0.25) is 0 Å². The van der Waals surface area contributed by atoms with Gasteiger partial charge in [-0.05, 0) is 59.7 Å². The first-order chi connectivity index (χ1) is 45.0. The maximum atomic E-state index is 15.3. The molecule has 7 rings (SSSR count). The second kappa shape index (κ2) is 40.2. The van der Waals surface area contributed by atoms with Crippen LogP contribution in [0.1, 0.15) is 307 Å². The molecule has 1 saturated carbocycles. The molecule has 0 aromatic heterocycles. The number of carbonyl (C=O) groups is 6. The Kier molecular flexibility index (Phi) is 32.0. The molecule has 0 unspecified atom stereocenters. The van der Waals surface area contributed by atoms with Gasteiger partial charge >= 0.3 is 23.9 Å². The van der Waals surface area contributed by atoms with Gasteiger partial charge in [0.25, 0.3) is 0 Å². The lowest BCUT2D eigenvalue weighted by atomic mass is 9.64. The summed E-state index contributed by atoms with van der Waals surface area (Å²) in [6, 6.07) is 19.1. The highest BCUT2D eigenvalue weighted by molar-refractivity contribution is 6.33. The molecule has 0 radical (unpaired) electrons. The molecule has 4 aromatic carbocycles. The molecule has 14 nitrogen and oxygen atoms in total. The van der Waals surface area contributed by atoms with Crippen molar-refractivity contribution in [1.29, 1.82) is 0 Å². The highest BCUT2D eigenvalue weighted by atomic mass is 16.6. The molecule has 14 heteroatoms. The van der Waals surface area contributed by atoms with Crippen molar-refractivity contribution in [3.05, 3.63) is 71.8 Å². The molecule has 0 spiro atoms. The molecule has 508 valence electrons. The Labute approximate surface area is 552 Å². The van der Waals surface area contributed by atoms with Gasteiger partial charge in [-0.2, -0.15) is 0 Å². The molecule has 1 aliphatic carbocycles. The number of benzene rings is 4. The third kappa shape index (κ3) is 22.5. The Balaban J connectivity index is 1.09. The third-order valence-corrected chi connectivity index (χ3v) is 19.2. The second-order valence-corrected chi connectivity index (χ2v) is 27.2. The number of rotatable bonds is 50. The normalized spacial score (nSPS) is 15.9. The number of anilines is 4. The third-order valence-electron chi connectivity index (χ3n) is 19.2. The Morgan fingerprint density at radius 2 is 0.576 bits per heavy atom. The molecule has 4 N–H and O–H groups in total. The monoisotopic (exact) mass is 1270 g/mol. The van der Waals surface area contributed by atoms with Crippen molar-refractivity contribution in [3.63, 3.8) is 0 Å². The molecule has 2 aliphatic heterocycles. The number of hydrogen-bond donors (Lipinski definition) is 4. The predicted octanol–water partition coefficient (Wildman–Crippen LogP) is 19.9.